The molecule has 1 aromatic carbocycles. The molecule has 0 amide bonds. The maximum Gasteiger partial charge on any atom is 0.123 e. The number of benzene rings is 1. The third-order valence-corrected chi connectivity index (χ3v) is 5.33. The summed E-state index contributed by atoms with van der Waals surface area (Å²) in [6.07, 6.45) is 8.44. The Hall–Kier alpha value is -1.35. The summed E-state index contributed by atoms with van der Waals surface area (Å²) < 4.78 is 0. The molecule has 1 saturated carbocycles. The molecule has 1 aliphatic rings. The summed E-state index contributed by atoms with van der Waals surface area (Å²) >= 11 is 1.69. The van der Waals surface area contributed by atoms with Gasteiger partial charge in [0.15, 0.2) is 0 Å². The van der Waals surface area contributed by atoms with Crippen LogP contribution in [-0.4, -0.2) is 11.0 Å². The first kappa shape index (κ1) is 14.6. The molecule has 2 aromatic rings. The molecule has 1 atom stereocenters. The summed E-state index contributed by atoms with van der Waals surface area (Å²) in [6.45, 7) is 4.80. The van der Waals surface area contributed by atoms with Gasteiger partial charge >= 0.3 is 0 Å². The minimum atomic E-state index is 0.519. The Labute approximate surface area is 131 Å². The predicted molar refractivity (Wildman–Crippen MR) is 91.8 cm³/mol. The number of anilines is 1. The zero-order valence-corrected chi connectivity index (χ0v) is 13.7. The monoisotopic (exact) mass is 300 g/mol. The van der Waals surface area contributed by atoms with Crippen LogP contribution in [0, 0.1) is 5.41 Å². The number of aromatic nitrogens is 1. The number of rotatable bonds is 3. The summed E-state index contributed by atoms with van der Waals surface area (Å²) in [5.74, 6) is 0. The van der Waals surface area contributed by atoms with E-state index in [1.54, 1.807) is 11.3 Å². The molecular weight excluding hydrogens is 276 g/mol. The lowest BCUT2D eigenvalue weighted by atomic mass is 9.85. The summed E-state index contributed by atoms with van der Waals surface area (Å²) in [7, 11) is 0. The van der Waals surface area contributed by atoms with E-state index in [-0.39, 0.29) is 0 Å². The van der Waals surface area contributed by atoms with Gasteiger partial charge in [0.05, 0.1) is 0 Å². The Balaban J connectivity index is 1.63. The first-order chi connectivity index (χ1) is 10.1. The maximum atomic E-state index is 4.36. The van der Waals surface area contributed by atoms with Gasteiger partial charge in [-0.25, -0.2) is 4.98 Å². The molecule has 21 heavy (non-hydrogen) atoms. The van der Waals surface area contributed by atoms with Crippen LogP contribution in [0.1, 0.15) is 46.0 Å². The fourth-order valence-electron chi connectivity index (χ4n) is 3.12. The highest BCUT2D eigenvalue weighted by Gasteiger charge is 2.24. The molecule has 1 fully saturated rings. The zero-order valence-electron chi connectivity index (χ0n) is 12.9. The lowest BCUT2D eigenvalue weighted by molar-refractivity contribution is 0.313. The third kappa shape index (κ3) is 3.85. The average molecular weight is 300 g/mol. The Bertz CT molecular complexity index is 557. The lowest BCUT2D eigenvalue weighted by Crippen LogP contribution is -2.19. The van der Waals surface area contributed by atoms with E-state index >= 15 is 0 Å². The molecule has 0 aliphatic heterocycles. The van der Waals surface area contributed by atoms with E-state index in [9.17, 15) is 0 Å². The molecule has 2 nitrogen and oxygen atoms in total. The lowest BCUT2D eigenvalue weighted by Gasteiger charge is -2.22. The van der Waals surface area contributed by atoms with Crippen LogP contribution < -0.4 is 5.32 Å². The van der Waals surface area contributed by atoms with Crippen molar-refractivity contribution in [3.8, 4) is 10.6 Å². The van der Waals surface area contributed by atoms with Crippen molar-refractivity contribution >= 4 is 17.0 Å². The van der Waals surface area contributed by atoms with Crippen LogP contribution >= 0.6 is 11.3 Å². The van der Waals surface area contributed by atoms with Crippen molar-refractivity contribution in [1.82, 2.24) is 4.98 Å². The van der Waals surface area contributed by atoms with E-state index < -0.39 is 0 Å². The van der Waals surface area contributed by atoms with Crippen molar-refractivity contribution in [3.05, 3.63) is 35.8 Å². The van der Waals surface area contributed by atoms with Gasteiger partial charge in [0, 0.05) is 28.9 Å². The minimum Gasteiger partial charge on any atom is -0.382 e. The Morgan fingerprint density at radius 2 is 1.95 bits per heavy atom. The first-order valence-electron chi connectivity index (χ1n) is 7.89. The second-order valence-corrected chi connectivity index (χ2v) is 7.75. The van der Waals surface area contributed by atoms with Crippen molar-refractivity contribution in [1.29, 1.82) is 0 Å². The molecule has 3 rings (SSSR count). The van der Waals surface area contributed by atoms with Gasteiger partial charge in [-0.05, 0) is 55.4 Å². The van der Waals surface area contributed by atoms with Gasteiger partial charge in [-0.15, -0.1) is 11.3 Å². The van der Waals surface area contributed by atoms with Crippen molar-refractivity contribution in [2.45, 2.75) is 52.0 Å². The van der Waals surface area contributed by atoms with Gasteiger partial charge in [0.25, 0.3) is 0 Å². The van der Waals surface area contributed by atoms with E-state index in [0.29, 0.717) is 11.5 Å². The van der Waals surface area contributed by atoms with Crippen LogP contribution in [0.3, 0.4) is 0 Å². The van der Waals surface area contributed by atoms with Crippen LogP contribution in [-0.2, 0) is 0 Å². The van der Waals surface area contributed by atoms with Gasteiger partial charge < -0.3 is 5.32 Å². The van der Waals surface area contributed by atoms with Crippen LogP contribution in [0.15, 0.2) is 35.8 Å². The molecule has 0 saturated heterocycles. The Kier molecular flexibility index (Phi) is 4.29. The summed E-state index contributed by atoms with van der Waals surface area (Å²) in [4.78, 5) is 4.36. The fraction of sp³-hybridized carbons (Fsp3) is 0.500. The van der Waals surface area contributed by atoms with Crippen molar-refractivity contribution < 1.29 is 0 Å². The molecule has 1 aromatic heterocycles. The van der Waals surface area contributed by atoms with Gasteiger partial charge in [0.1, 0.15) is 5.01 Å². The molecule has 1 N–H and O–H groups in total. The fourth-order valence-corrected chi connectivity index (χ4v) is 3.76. The largest absolute Gasteiger partial charge is 0.382 e. The van der Waals surface area contributed by atoms with Gasteiger partial charge in [-0.2, -0.15) is 0 Å². The molecule has 3 heteroatoms. The smallest absolute Gasteiger partial charge is 0.123 e. The molecule has 1 aliphatic carbocycles. The van der Waals surface area contributed by atoms with Crippen molar-refractivity contribution in [3.63, 3.8) is 0 Å². The molecule has 1 unspecified atom stereocenters. The third-order valence-electron chi connectivity index (χ3n) is 4.51. The zero-order chi connectivity index (χ0) is 14.7. The molecule has 0 spiro atoms. The highest BCUT2D eigenvalue weighted by atomic mass is 32.1. The van der Waals surface area contributed by atoms with Crippen molar-refractivity contribution in [2.75, 3.05) is 5.32 Å². The summed E-state index contributed by atoms with van der Waals surface area (Å²) in [5.41, 5.74) is 2.96. The quantitative estimate of drug-likeness (QED) is 0.748. The highest BCUT2D eigenvalue weighted by Crippen LogP contribution is 2.34. The SMILES string of the molecule is CC1(C)CCCC(Nc2ccc(-c3nccs3)cc2)CC1. The summed E-state index contributed by atoms with van der Waals surface area (Å²) in [6, 6.07) is 9.33. The van der Waals surface area contributed by atoms with Crippen LogP contribution in [0.4, 0.5) is 5.69 Å². The first-order valence-corrected chi connectivity index (χ1v) is 8.77. The Morgan fingerprint density at radius 1 is 1.14 bits per heavy atom. The average Bonchev–Trinajstić information content (AvgIpc) is 2.94. The summed E-state index contributed by atoms with van der Waals surface area (Å²) in [5, 5.41) is 6.83. The molecule has 0 radical (unpaired) electrons. The number of thiazole rings is 1. The standard InChI is InChI=1S/C18H24N2S/c1-18(2)10-3-4-15(9-11-18)20-16-7-5-14(6-8-16)17-19-12-13-21-17/h5-8,12-13,15,20H,3-4,9-11H2,1-2H3. The van der Waals surface area contributed by atoms with E-state index in [0.717, 1.165) is 5.01 Å². The van der Waals surface area contributed by atoms with E-state index in [2.05, 4.69) is 48.4 Å². The highest BCUT2D eigenvalue weighted by molar-refractivity contribution is 7.13. The van der Waals surface area contributed by atoms with Gasteiger partial charge in [-0.1, -0.05) is 20.3 Å². The molecule has 0 bridgehead atoms. The van der Waals surface area contributed by atoms with Crippen LogP contribution in [0.2, 0.25) is 0 Å². The second kappa shape index (κ2) is 6.18. The number of nitrogens with one attached hydrogen (secondary N) is 1. The van der Waals surface area contributed by atoms with E-state index in [1.165, 1.54) is 43.4 Å². The topological polar surface area (TPSA) is 24.9 Å². The van der Waals surface area contributed by atoms with Crippen LogP contribution in [0.5, 0.6) is 0 Å². The van der Waals surface area contributed by atoms with Gasteiger partial charge in [-0.3, -0.25) is 0 Å². The number of hydrogen-bond acceptors (Lipinski definition) is 3. The van der Waals surface area contributed by atoms with Crippen LogP contribution in [0.25, 0.3) is 10.6 Å². The number of nitrogens with zero attached hydrogens (tertiary/aromatic N) is 1. The Morgan fingerprint density at radius 3 is 2.67 bits per heavy atom. The maximum absolute atomic E-state index is 4.36. The van der Waals surface area contributed by atoms with Crippen molar-refractivity contribution in [2.24, 2.45) is 5.41 Å². The second-order valence-electron chi connectivity index (χ2n) is 6.85. The predicted octanol–water partition coefficient (Wildman–Crippen LogP) is 5.58. The normalized spacial score (nSPS) is 21.7. The van der Waals surface area contributed by atoms with E-state index in [4.69, 9.17) is 0 Å². The van der Waals surface area contributed by atoms with Gasteiger partial charge in [0.2, 0.25) is 0 Å². The minimum absolute atomic E-state index is 0.519. The molecular formula is C18H24N2S. The molecule has 112 valence electrons. The van der Waals surface area contributed by atoms with E-state index in [1.807, 2.05) is 11.6 Å². The molecule has 1 heterocycles. The number of hydrogen-bond donors (Lipinski definition) is 1.